The van der Waals surface area contributed by atoms with Gasteiger partial charge in [-0.2, -0.15) is 0 Å². The van der Waals surface area contributed by atoms with E-state index in [2.05, 4.69) is 12.2 Å². The van der Waals surface area contributed by atoms with E-state index in [0.29, 0.717) is 35.6 Å². The SMILES string of the molecule is CCCCNCCOCCOc1ccc(Cl)c(Cl)c1. The standard InChI is InChI=1S/C14H21Cl2NO2/c1-2-3-6-17-7-8-18-9-10-19-12-4-5-13(15)14(16)11-12/h4-5,11,17H,2-3,6-10H2,1H3. The number of hydrogen-bond donors (Lipinski definition) is 1. The monoisotopic (exact) mass is 305 g/mol. The van der Waals surface area contributed by atoms with Crippen LogP contribution in [0.5, 0.6) is 5.75 Å². The molecule has 0 fully saturated rings. The second-order valence-corrected chi connectivity index (χ2v) is 4.95. The summed E-state index contributed by atoms with van der Waals surface area (Å²) in [6.45, 7) is 5.89. The average molecular weight is 306 g/mol. The quantitative estimate of drug-likeness (QED) is 0.667. The van der Waals surface area contributed by atoms with Crippen LogP contribution in [0.15, 0.2) is 18.2 Å². The van der Waals surface area contributed by atoms with Gasteiger partial charge in [0.1, 0.15) is 12.4 Å². The van der Waals surface area contributed by atoms with Gasteiger partial charge < -0.3 is 14.8 Å². The Morgan fingerprint density at radius 3 is 2.63 bits per heavy atom. The summed E-state index contributed by atoms with van der Waals surface area (Å²) in [7, 11) is 0. The van der Waals surface area contributed by atoms with Crippen molar-refractivity contribution in [2.75, 3.05) is 32.9 Å². The minimum Gasteiger partial charge on any atom is -0.491 e. The van der Waals surface area contributed by atoms with Crippen LogP contribution in [0.3, 0.4) is 0 Å². The molecule has 0 radical (unpaired) electrons. The molecule has 19 heavy (non-hydrogen) atoms. The van der Waals surface area contributed by atoms with Gasteiger partial charge >= 0.3 is 0 Å². The van der Waals surface area contributed by atoms with Crippen LogP contribution in [0.4, 0.5) is 0 Å². The van der Waals surface area contributed by atoms with E-state index in [-0.39, 0.29) is 0 Å². The number of hydrogen-bond acceptors (Lipinski definition) is 3. The summed E-state index contributed by atoms with van der Waals surface area (Å²) < 4.78 is 10.9. The summed E-state index contributed by atoms with van der Waals surface area (Å²) in [5, 5.41) is 4.34. The summed E-state index contributed by atoms with van der Waals surface area (Å²) in [5.74, 6) is 0.707. The van der Waals surface area contributed by atoms with Crippen LogP contribution in [0.25, 0.3) is 0 Å². The lowest BCUT2D eigenvalue weighted by atomic mass is 10.3. The van der Waals surface area contributed by atoms with Gasteiger partial charge in [0.15, 0.2) is 0 Å². The Morgan fingerprint density at radius 2 is 1.89 bits per heavy atom. The maximum Gasteiger partial charge on any atom is 0.121 e. The smallest absolute Gasteiger partial charge is 0.121 e. The van der Waals surface area contributed by atoms with E-state index in [1.165, 1.54) is 12.8 Å². The third-order valence-corrected chi connectivity index (χ3v) is 3.26. The highest BCUT2D eigenvalue weighted by molar-refractivity contribution is 6.42. The molecule has 0 heterocycles. The van der Waals surface area contributed by atoms with Crippen molar-refractivity contribution in [1.29, 1.82) is 0 Å². The maximum absolute atomic E-state index is 5.89. The van der Waals surface area contributed by atoms with Crippen molar-refractivity contribution in [3.63, 3.8) is 0 Å². The highest BCUT2D eigenvalue weighted by Crippen LogP contribution is 2.26. The topological polar surface area (TPSA) is 30.5 Å². The average Bonchev–Trinajstić information content (AvgIpc) is 2.41. The van der Waals surface area contributed by atoms with E-state index < -0.39 is 0 Å². The lowest BCUT2D eigenvalue weighted by Crippen LogP contribution is -2.21. The Balaban J connectivity index is 2.00. The molecule has 0 atom stereocenters. The van der Waals surface area contributed by atoms with Gasteiger partial charge in [0.25, 0.3) is 0 Å². The van der Waals surface area contributed by atoms with Gasteiger partial charge in [-0.15, -0.1) is 0 Å². The van der Waals surface area contributed by atoms with Gasteiger partial charge in [0.05, 0.1) is 23.3 Å². The maximum atomic E-state index is 5.89. The Hall–Kier alpha value is -0.480. The van der Waals surface area contributed by atoms with Gasteiger partial charge in [-0.1, -0.05) is 36.5 Å². The molecule has 1 rings (SSSR count). The largest absolute Gasteiger partial charge is 0.491 e. The third-order valence-electron chi connectivity index (χ3n) is 2.52. The van der Waals surface area contributed by atoms with Gasteiger partial charge in [-0.3, -0.25) is 0 Å². The summed E-state index contributed by atoms with van der Waals surface area (Å²) in [4.78, 5) is 0. The second-order valence-electron chi connectivity index (χ2n) is 4.14. The molecular weight excluding hydrogens is 285 g/mol. The fraction of sp³-hybridized carbons (Fsp3) is 0.571. The van der Waals surface area contributed by atoms with E-state index in [1.807, 2.05) is 0 Å². The first kappa shape index (κ1) is 16.6. The van der Waals surface area contributed by atoms with Gasteiger partial charge in [0, 0.05) is 12.6 Å². The zero-order valence-electron chi connectivity index (χ0n) is 11.3. The molecule has 108 valence electrons. The number of unbranched alkanes of at least 4 members (excludes halogenated alkanes) is 1. The van der Waals surface area contributed by atoms with Crippen molar-refractivity contribution in [3.05, 3.63) is 28.2 Å². The molecule has 1 N–H and O–H groups in total. The molecule has 0 bridgehead atoms. The van der Waals surface area contributed by atoms with E-state index in [1.54, 1.807) is 18.2 Å². The normalized spacial score (nSPS) is 10.7. The van der Waals surface area contributed by atoms with Gasteiger partial charge in [-0.05, 0) is 25.1 Å². The molecule has 0 saturated carbocycles. The van der Waals surface area contributed by atoms with Crippen molar-refractivity contribution in [2.24, 2.45) is 0 Å². The molecule has 5 heteroatoms. The van der Waals surface area contributed by atoms with Crippen LogP contribution in [0, 0.1) is 0 Å². The minimum absolute atomic E-state index is 0.500. The predicted octanol–water partition coefficient (Wildman–Crippen LogP) is 3.78. The lowest BCUT2D eigenvalue weighted by Gasteiger charge is -2.08. The number of halogens is 2. The molecule has 1 aromatic carbocycles. The number of benzene rings is 1. The molecule has 0 aliphatic rings. The molecule has 0 aliphatic heterocycles. The number of ether oxygens (including phenoxy) is 2. The number of rotatable bonds is 10. The molecule has 3 nitrogen and oxygen atoms in total. The Morgan fingerprint density at radius 1 is 1.05 bits per heavy atom. The molecule has 0 spiro atoms. The summed E-state index contributed by atoms with van der Waals surface area (Å²) in [6, 6.07) is 5.22. The van der Waals surface area contributed by atoms with E-state index >= 15 is 0 Å². The van der Waals surface area contributed by atoms with Crippen LogP contribution < -0.4 is 10.1 Å². The molecule has 0 aromatic heterocycles. The summed E-state index contributed by atoms with van der Waals surface area (Å²) in [5.41, 5.74) is 0. The van der Waals surface area contributed by atoms with Crippen LogP contribution >= 0.6 is 23.2 Å². The molecule has 0 amide bonds. The molecule has 0 unspecified atom stereocenters. The van der Waals surface area contributed by atoms with Crippen molar-refractivity contribution in [1.82, 2.24) is 5.32 Å². The highest BCUT2D eigenvalue weighted by Gasteiger charge is 2.00. The third kappa shape index (κ3) is 7.63. The highest BCUT2D eigenvalue weighted by atomic mass is 35.5. The van der Waals surface area contributed by atoms with Crippen LogP contribution in [-0.2, 0) is 4.74 Å². The molecular formula is C14H21Cl2NO2. The van der Waals surface area contributed by atoms with Crippen LogP contribution in [0.1, 0.15) is 19.8 Å². The zero-order chi connectivity index (χ0) is 13.9. The zero-order valence-corrected chi connectivity index (χ0v) is 12.8. The first-order valence-electron chi connectivity index (χ1n) is 6.60. The molecule has 1 aromatic rings. The fourth-order valence-corrected chi connectivity index (χ4v) is 1.75. The first-order chi connectivity index (χ1) is 9.24. The second kappa shape index (κ2) is 10.3. The summed E-state index contributed by atoms with van der Waals surface area (Å²) in [6.07, 6.45) is 2.42. The molecule has 0 aliphatic carbocycles. The van der Waals surface area contributed by atoms with Crippen LogP contribution in [-0.4, -0.2) is 32.9 Å². The number of nitrogens with one attached hydrogen (secondary N) is 1. The van der Waals surface area contributed by atoms with Gasteiger partial charge in [0.2, 0.25) is 0 Å². The minimum atomic E-state index is 0.500. The van der Waals surface area contributed by atoms with Crippen LogP contribution in [0.2, 0.25) is 10.0 Å². The fourth-order valence-electron chi connectivity index (χ4n) is 1.46. The first-order valence-corrected chi connectivity index (χ1v) is 7.36. The Bertz CT molecular complexity index is 361. The van der Waals surface area contributed by atoms with Crippen molar-refractivity contribution < 1.29 is 9.47 Å². The lowest BCUT2D eigenvalue weighted by molar-refractivity contribution is 0.102. The molecule has 0 saturated heterocycles. The van der Waals surface area contributed by atoms with Crippen molar-refractivity contribution in [2.45, 2.75) is 19.8 Å². The van der Waals surface area contributed by atoms with E-state index in [9.17, 15) is 0 Å². The van der Waals surface area contributed by atoms with Gasteiger partial charge in [-0.25, -0.2) is 0 Å². The summed E-state index contributed by atoms with van der Waals surface area (Å²) >= 11 is 11.7. The Labute approximate surface area is 125 Å². The van der Waals surface area contributed by atoms with Crippen molar-refractivity contribution in [3.8, 4) is 5.75 Å². The Kier molecular flexibility index (Phi) is 9.01. The van der Waals surface area contributed by atoms with E-state index in [4.69, 9.17) is 32.7 Å². The van der Waals surface area contributed by atoms with E-state index in [0.717, 1.165) is 13.1 Å². The van der Waals surface area contributed by atoms with Crippen molar-refractivity contribution >= 4 is 23.2 Å². The predicted molar refractivity (Wildman–Crippen MR) is 80.6 cm³/mol.